The molecule has 0 unspecified atom stereocenters. The SMILES string of the molecule is Clc1ccc(-c2cc(-c3ccc4ccccc4c3)[nH+]c(-c3ccc4ccccc4c3)c2)cc1. The van der Waals surface area contributed by atoms with Gasteiger partial charge in [-0.2, -0.15) is 0 Å². The normalized spacial score (nSPS) is 11.2. The standard InChI is InChI=1S/C31H20ClN/c32-29-15-13-23(14-16-29)28-19-30(26-11-9-21-5-1-3-7-24(21)17-26)33-31(20-28)27-12-10-22-6-2-4-8-25(22)18-27/h1-20H/p+1. The van der Waals surface area contributed by atoms with E-state index in [0.29, 0.717) is 0 Å². The van der Waals surface area contributed by atoms with Gasteiger partial charge in [-0.3, -0.25) is 0 Å². The highest BCUT2D eigenvalue weighted by Gasteiger charge is 2.15. The number of fused-ring (bicyclic) bond motifs is 2. The Morgan fingerprint density at radius 2 is 0.848 bits per heavy atom. The number of hydrogen-bond donors (Lipinski definition) is 0. The van der Waals surface area contributed by atoms with E-state index in [4.69, 9.17) is 11.6 Å². The summed E-state index contributed by atoms with van der Waals surface area (Å²) in [6, 6.07) is 42.6. The van der Waals surface area contributed by atoms with Gasteiger partial charge in [-0.25, -0.2) is 4.98 Å². The third kappa shape index (κ3) is 3.88. The summed E-state index contributed by atoms with van der Waals surface area (Å²) in [4.78, 5) is 3.70. The first-order valence-electron chi connectivity index (χ1n) is 11.0. The van der Waals surface area contributed by atoms with Crippen LogP contribution in [-0.2, 0) is 0 Å². The first kappa shape index (κ1) is 19.7. The van der Waals surface area contributed by atoms with E-state index in [2.05, 4.69) is 114 Å². The number of aromatic nitrogens is 1. The molecule has 2 heteroatoms. The van der Waals surface area contributed by atoms with Crippen LogP contribution >= 0.6 is 11.6 Å². The quantitative estimate of drug-likeness (QED) is 0.261. The van der Waals surface area contributed by atoms with Gasteiger partial charge in [0, 0.05) is 28.3 Å². The lowest BCUT2D eigenvalue weighted by Crippen LogP contribution is -2.11. The Morgan fingerprint density at radius 3 is 1.36 bits per heavy atom. The van der Waals surface area contributed by atoms with Gasteiger partial charge in [-0.1, -0.05) is 84.4 Å². The van der Waals surface area contributed by atoms with Crippen molar-refractivity contribution in [2.45, 2.75) is 0 Å². The molecular formula is C31H21ClN+. The van der Waals surface area contributed by atoms with Crippen LogP contribution in [0.4, 0.5) is 0 Å². The second-order valence-corrected chi connectivity index (χ2v) is 8.76. The number of halogens is 1. The molecule has 156 valence electrons. The summed E-state index contributed by atoms with van der Waals surface area (Å²) in [6.07, 6.45) is 0. The fourth-order valence-corrected chi connectivity index (χ4v) is 4.53. The summed E-state index contributed by atoms with van der Waals surface area (Å²) in [6.45, 7) is 0. The lowest BCUT2D eigenvalue weighted by Gasteiger charge is -2.07. The van der Waals surface area contributed by atoms with Crippen LogP contribution in [0.5, 0.6) is 0 Å². The predicted octanol–water partition coefficient (Wildman–Crippen LogP) is 8.46. The molecule has 33 heavy (non-hydrogen) atoms. The number of pyridine rings is 1. The molecular weight excluding hydrogens is 422 g/mol. The molecule has 0 bridgehead atoms. The molecule has 0 radical (unpaired) electrons. The number of hydrogen-bond acceptors (Lipinski definition) is 0. The summed E-state index contributed by atoms with van der Waals surface area (Å²) < 4.78 is 0. The van der Waals surface area contributed by atoms with Crippen LogP contribution in [0, 0.1) is 0 Å². The Balaban J connectivity index is 1.56. The summed E-state index contributed by atoms with van der Waals surface area (Å²) in [5, 5.41) is 5.68. The molecule has 0 spiro atoms. The molecule has 0 saturated carbocycles. The van der Waals surface area contributed by atoms with Crippen LogP contribution in [-0.4, -0.2) is 0 Å². The van der Waals surface area contributed by atoms with Crippen LogP contribution in [0.2, 0.25) is 5.02 Å². The molecule has 6 rings (SSSR count). The van der Waals surface area contributed by atoms with Crippen LogP contribution in [0.25, 0.3) is 55.2 Å². The predicted molar refractivity (Wildman–Crippen MR) is 139 cm³/mol. The van der Waals surface area contributed by atoms with E-state index in [9.17, 15) is 0 Å². The van der Waals surface area contributed by atoms with Gasteiger partial charge in [0.15, 0.2) is 0 Å². The van der Waals surface area contributed by atoms with Crippen molar-refractivity contribution in [3.63, 3.8) is 0 Å². The second kappa shape index (κ2) is 8.20. The molecule has 0 saturated heterocycles. The van der Waals surface area contributed by atoms with Gasteiger partial charge in [0.05, 0.1) is 0 Å². The Labute approximate surface area is 197 Å². The van der Waals surface area contributed by atoms with E-state index in [-0.39, 0.29) is 0 Å². The zero-order chi connectivity index (χ0) is 22.2. The smallest absolute Gasteiger partial charge is 0.204 e. The molecule has 1 heterocycles. The number of nitrogens with one attached hydrogen (secondary N) is 1. The Morgan fingerprint density at radius 1 is 0.394 bits per heavy atom. The summed E-state index contributed by atoms with van der Waals surface area (Å²) in [5.74, 6) is 0. The van der Waals surface area contributed by atoms with Gasteiger partial charge in [-0.05, 0) is 69.1 Å². The van der Waals surface area contributed by atoms with Crippen molar-refractivity contribution in [1.29, 1.82) is 0 Å². The summed E-state index contributed by atoms with van der Waals surface area (Å²) >= 11 is 6.16. The average molecular weight is 443 g/mol. The molecule has 0 fully saturated rings. The van der Waals surface area contributed by atoms with Crippen LogP contribution in [0.1, 0.15) is 0 Å². The number of H-pyrrole nitrogens is 1. The minimum Gasteiger partial charge on any atom is -0.204 e. The molecule has 0 amide bonds. The van der Waals surface area contributed by atoms with E-state index >= 15 is 0 Å². The molecule has 0 aliphatic heterocycles. The molecule has 0 aliphatic rings. The van der Waals surface area contributed by atoms with Crippen molar-refractivity contribution >= 4 is 33.1 Å². The molecule has 1 nitrogen and oxygen atoms in total. The van der Waals surface area contributed by atoms with Gasteiger partial charge in [-0.15, -0.1) is 0 Å². The third-order valence-corrected chi connectivity index (χ3v) is 6.42. The fourth-order valence-electron chi connectivity index (χ4n) is 4.40. The molecule has 0 atom stereocenters. The molecule has 1 aromatic heterocycles. The first-order chi connectivity index (χ1) is 16.2. The van der Waals surface area contributed by atoms with E-state index in [0.717, 1.165) is 38.7 Å². The summed E-state index contributed by atoms with van der Waals surface area (Å²) in [7, 11) is 0. The number of benzene rings is 5. The van der Waals surface area contributed by atoms with Gasteiger partial charge in [0.25, 0.3) is 0 Å². The molecule has 6 aromatic rings. The molecule has 1 N–H and O–H groups in total. The van der Waals surface area contributed by atoms with Crippen molar-refractivity contribution in [2.24, 2.45) is 0 Å². The van der Waals surface area contributed by atoms with Crippen LogP contribution < -0.4 is 4.98 Å². The van der Waals surface area contributed by atoms with Crippen molar-refractivity contribution in [1.82, 2.24) is 0 Å². The van der Waals surface area contributed by atoms with Crippen molar-refractivity contribution in [2.75, 3.05) is 0 Å². The lowest BCUT2D eigenvalue weighted by molar-refractivity contribution is -0.351. The van der Waals surface area contributed by atoms with Gasteiger partial charge < -0.3 is 0 Å². The van der Waals surface area contributed by atoms with Crippen LogP contribution in [0.15, 0.2) is 121 Å². The van der Waals surface area contributed by atoms with E-state index in [1.165, 1.54) is 21.5 Å². The Hall–Kier alpha value is -3.94. The van der Waals surface area contributed by atoms with Gasteiger partial charge in [0.2, 0.25) is 11.4 Å². The first-order valence-corrected chi connectivity index (χ1v) is 11.4. The third-order valence-electron chi connectivity index (χ3n) is 6.17. The van der Waals surface area contributed by atoms with E-state index in [1.807, 2.05) is 12.1 Å². The Kier molecular flexibility index (Phi) is 4.90. The number of rotatable bonds is 3. The largest absolute Gasteiger partial charge is 0.211 e. The number of aromatic amines is 1. The second-order valence-electron chi connectivity index (χ2n) is 8.33. The lowest BCUT2D eigenvalue weighted by atomic mass is 9.98. The highest BCUT2D eigenvalue weighted by Crippen LogP contribution is 2.31. The maximum absolute atomic E-state index is 6.16. The van der Waals surface area contributed by atoms with Crippen molar-refractivity contribution in [3.05, 3.63) is 126 Å². The van der Waals surface area contributed by atoms with Crippen molar-refractivity contribution < 1.29 is 4.98 Å². The minimum atomic E-state index is 0.741. The fraction of sp³-hybridized carbons (Fsp3) is 0. The van der Waals surface area contributed by atoms with Crippen molar-refractivity contribution in [3.8, 4) is 33.6 Å². The highest BCUT2D eigenvalue weighted by atomic mass is 35.5. The summed E-state index contributed by atoms with van der Waals surface area (Å²) in [5.41, 5.74) is 6.76. The van der Waals surface area contributed by atoms with E-state index < -0.39 is 0 Å². The van der Waals surface area contributed by atoms with Crippen LogP contribution in [0.3, 0.4) is 0 Å². The van der Waals surface area contributed by atoms with Gasteiger partial charge in [0.1, 0.15) is 0 Å². The zero-order valence-corrected chi connectivity index (χ0v) is 18.7. The highest BCUT2D eigenvalue weighted by molar-refractivity contribution is 6.30. The van der Waals surface area contributed by atoms with Gasteiger partial charge >= 0.3 is 0 Å². The maximum atomic E-state index is 6.16. The topological polar surface area (TPSA) is 14.1 Å². The zero-order valence-electron chi connectivity index (χ0n) is 17.9. The van der Waals surface area contributed by atoms with E-state index in [1.54, 1.807) is 0 Å². The molecule has 0 aliphatic carbocycles. The Bertz CT molecular complexity index is 1520. The average Bonchev–Trinajstić information content (AvgIpc) is 2.88. The monoisotopic (exact) mass is 442 g/mol. The minimum absolute atomic E-state index is 0.741. The maximum Gasteiger partial charge on any atom is 0.211 e. The molecule has 5 aromatic carbocycles.